The van der Waals surface area contributed by atoms with Crippen LogP contribution in [0, 0.1) is 5.82 Å². The molecule has 0 aromatic heterocycles. The minimum Gasteiger partial charge on any atom is -0.494 e. The van der Waals surface area contributed by atoms with Crippen molar-refractivity contribution in [1.82, 2.24) is 0 Å². The van der Waals surface area contributed by atoms with Crippen molar-refractivity contribution < 1.29 is 13.9 Å². The highest BCUT2D eigenvalue weighted by Crippen LogP contribution is 2.39. The molecule has 164 valence electrons. The van der Waals surface area contributed by atoms with Crippen LogP contribution in [0.25, 0.3) is 11.1 Å². The fraction of sp³-hybridized carbons (Fsp3) is 0.556. The van der Waals surface area contributed by atoms with Crippen molar-refractivity contribution in [2.45, 2.75) is 84.5 Å². The number of hydrogen-bond acceptors (Lipinski definition) is 2. The Morgan fingerprint density at radius 2 is 1.43 bits per heavy atom. The van der Waals surface area contributed by atoms with Crippen molar-refractivity contribution in [3.63, 3.8) is 0 Å². The summed E-state index contributed by atoms with van der Waals surface area (Å²) in [5, 5.41) is 0. The van der Waals surface area contributed by atoms with Crippen molar-refractivity contribution in [3.8, 4) is 22.6 Å². The largest absolute Gasteiger partial charge is 0.494 e. The van der Waals surface area contributed by atoms with E-state index >= 15 is 4.39 Å². The highest BCUT2D eigenvalue weighted by Gasteiger charge is 2.22. The Morgan fingerprint density at radius 1 is 0.733 bits per heavy atom. The molecule has 2 aromatic rings. The van der Waals surface area contributed by atoms with E-state index in [-0.39, 0.29) is 5.82 Å². The molecule has 1 aliphatic rings. The average Bonchev–Trinajstić information content (AvgIpc) is 2.76. The van der Waals surface area contributed by atoms with Gasteiger partial charge in [-0.15, -0.1) is 0 Å². The van der Waals surface area contributed by atoms with Crippen molar-refractivity contribution in [3.05, 3.63) is 47.3 Å². The van der Waals surface area contributed by atoms with Gasteiger partial charge in [-0.2, -0.15) is 0 Å². The molecule has 3 rings (SSSR count). The third kappa shape index (κ3) is 6.00. The van der Waals surface area contributed by atoms with Crippen LogP contribution >= 0.6 is 0 Å². The van der Waals surface area contributed by atoms with Gasteiger partial charge < -0.3 is 9.47 Å². The summed E-state index contributed by atoms with van der Waals surface area (Å²) in [6.07, 6.45) is 12.4. The predicted molar refractivity (Wildman–Crippen MR) is 123 cm³/mol. The number of aryl methyl sites for hydroxylation is 1. The van der Waals surface area contributed by atoms with Crippen LogP contribution in [-0.4, -0.2) is 13.2 Å². The van der Waals surface area contributed by atoms with E-state index in [1.807, 2.05) is 12.1 Å². The van der Waals surface area contributed by atoms with E-state index < -0.39 is 0 Å². The standard InChI is InChI=1S/C27H37FO2/c1-3-5-7-8-9-10-11-19-30-26-17-16-24-23-15-13-22(29-18-6-4-2)20-21(23)12-14-25(24)27(26)28/h13,15-17,20H,3-12,14,18-19H2,1-2H3. The molecule has 0 heterocycles. The van der Waals surface area contributed by atoms with Gasteiger partial charge in [-0.3, -0.25) is 0 Å². The van der Waals surface area contributed by atoms with Crippen molar-refractivity contribution >= 4 is 0 Å². The summed E-state index contributed by atoms with van der Waals surface area (Å²) in [4.78, 5) is 0. The lowest BCUT2D eigenvalue weighted by atomic mass is 9.85. The summed E-state index contributed by atoms with van der Waals surface area (Å²) < 4.78 is 26.7. The van der Waals surface area contributed by atoms with Gasteiger partial charge in [0.2, 0.25) is 0 Å². The van der Waals surface area contributed by atoms with Gasteiger partial charge in [-0.05, 0) is 66.1 Å². The molecule has 30 heavy (non-hydrogen) atoms. The van der Waals surface area contributed by atoms with Gasteiger partial charge in [0.05, 0.1) is 13.2 Å². The lowest BCUT2D eigenvalue weighted by Crippen LogP contribution is -2.09. The van der Waals surface area contributed by atoms with Gasteiger partial charge in [0.15, 0.2) is 11.6 Å². The molecule has 0 spiro atoms. The molecule has 3 heteroatoms. The van der Waals surface area contributed by atoms with Crippen LogP contribution in [0.15, 0.2) is 30.3 Å². The van der Waals surface area contributed by atoms with Gasteiger partial charge in [-0.1, -0.05) is 70.9 Å². The number of halogens is 1. The quantitative estimate of drug-likeness (QED) is 0.311. The summed E-state index contributed by atoms with van der Waals surface area (Å²) >= 11 is 0. The highest BCUT2D eigenvalue weighted by molar-refractivity contribution is 5.75. The smallest absolute Gasteiger partial charge is 0.168 e. The molecule has 0 saturated carbocycles. The van der Waals surface area contributed by atoms with Crippen molar-refractivity contribution in [2.75, 3.05) is 13.2 Å². The summed E-state index contributed by atoms with van der Waals surface area (Å²) in [6.45, 7) is 5.74. The van der Waals surface area contributed by atoms with Crippen LogP contribution in [0.1, 0.15) is 82.8 Å². The zero-order chi connectivity index (χ0) is 21.2. The zero-order valence-corrected chi connectivity index (χ0v) is 18.8. The molecule has 0 aliphatic heterocycles. The van der Waals surface area contributed by atoms with Gasteiger partial charge in [0, 0.05) is 0 Å². The summed E-state index contributed by atoms with van der Waals surface area (Å²) in [5.41, 5.74) is 4.15. The van der Waals surface area contributed by atoms with Gasteiger partial charge in [0.1, 0.15) is 5.75 Å². The van der Waals surface area contributed by atoms with Crippen LogP contribution in [0.2, 0.25) is 0 Å². The topological polar surface area (TPSA) is 18.5 Å². The first-order valence-corrected chi connectivity index (χ1v) is 11.9. The van der Waals surface area contributed by atoms with E-state index in [1.54, 1.807) is 6.07 Å². The fourth-order valence-electron chi connectivity index (χ4n) is 4.17. The third-order valence-corrected chi connectivity index (χ3v) is 5.99. The summed E-state index contributed by atoms with van der Waals surface area (Å²) in [7, 11) is 0. The second-order valence-corrected chi connectivity index (χ2v) is 8.39. The number of benzene rings is 2. The maximum absolute atomic E-state index is 15.1. The molecule has 0 saturated heterocycles. The summed E-state index contributed by atoms with van der Waals surface area (Å²) in [5.74, 6) is 1.15. The van der Waals surface area contributed by atoms with E-state index in [4.69, 9.17) is 9.47 Å². The Balaban J connectivity index is 1.57. The van der Waals surface area contributed by atoms with Crippen LogP contribution in [-0.2, 0) is 12.8 Å². The van der Waals surface area contributed by atoms with Crippen molar-refractivity contribution in [1.29, 1.82) is 0 Å². The minimum absolute atomic E-state index is 0.177. The first-order valence-electron chi connectivity index (χ1n) is 11.9. The third-order valence-electron chi connectivity index (χ3n) is 5.99. The average molecular weight is 413 g/mol. The SMILES string of the molecule is CCCCCCCCCOc1ccc2c(c1F)CCc1cc(OCCCC)ccc1-2. The normalized spacial score (nSPS) is 12.4. The summed E-state index contributed by atoms with van der Waals surface area (Å²) in [6, 6.07) is 10.0. The lowest BCUT2D eigenvalue weighted by molar-refractivity contribution is 0.289. The Bertz CT molecular complexity index is 800. The zero-order valence-electron chi connectivity index (χ0n) is 18.8. The fourth-order valence-corrected chi connectivity index (χ4v) is 4.17. The lowest BCUT2D eigenvalue weighted by Gasteiger charge is -2.22. The van der Waals surface area contributed by atoms with Crippen LogP contribution in [0.3, 0.4) is 0 Å². The number of hydrogen-bond donors (Lipinski definition) is 0. The minimum atomic E-state index is -0.177. The van der Waals surface area contributed by atoms with E-state index in [9.17, 15) is 0 Å². The Kier molecular flexibility index (Phi) is 9.04. The van der Waals surface area contributed by atoms with Crippen LogP contribution in [0.4, 0.5) is 4.39 Å². The van der Waals surface area contributed by atoms with Gasteiger partial charge in [0.25, 0.3) is 0 Å². The Labute approximate surface area is 181 Å². The maximum Gasteiger partial charge on any atom is 0.168 e. The van der Waals surface area contributed by atoms with Gasteiger partial charge in [-0.25, -0.2) is 4.39 Å². The molecular weight excluding hydrogens is 375 g/mol. The number of unbranched alkanes of at least 4 members (excludes halogenated alkanes) is 7. The molecule has 0 fully saturated rings. The second kappa shape index (κ2) is 12.0. The van der Waals surface area contributed by atoms with Crippen molar-refractivity contribution in [2.24, 2.45) is 0 Å². The van der Waals surface area contributed by atoms with E-state index in [1.165, 1.54) is 37.7 Å². The number of ether oxygens (including phenoxy) is 2. The number of rotatable bonds is 13. The molecule has 0 unspecified atom stereocenters. The van der Waals surface area contributed by atoms with Crippen LogP contribution in [0.5, 0.6) is 11.5 Å². The molecule has 2 aromatic carbocycles. The molecule has 1 aliphatic carbocycles. The molecule has 0 radical (unpaired) electrons. The van der Waals surface area contributed by atoms with E-state index in [0.29, 0.717) is 18.8 Å². The Morgan fingerprint density at radius 3 is 2.23 bits per heavy atom. The molecule has 2 nitrogen and oxygen atoms in total. The monoisotopic (exact) mass is 412 g/mol. The Hall–Kier alpha value is -2.03. The molecule has 0 atom stereocenters. The molecule has 0 N–H and O–H groups in total. The van der Waals surface area contributed by atoms with Crippen LogP contribution < -0.4 is 9.47 Å². The van der Waals surface area contributed by atoms with E-state index in [2.05, 4.69) is 26.0 Å². The highest BCUT2D eigenvalue weighted by atomic mass is 19.1. The second-order valence-electron chi connectivity index (χ2n) is 8.39. The first-order chi connectivity index (χ1) is 14.7. The van der Waals surface area contributed by atoms with Gasteiger partial charge >= 0.3 is 0 Å². The predicted octanol–water partition coefficient (Wildman–Crippen LogP) is 7.90. The van der Waals surface area contributed by atoms with E-state index in [0.717, 1.165) is 61.2 Å². The maximum atomic E-state index is 15.1. The molecular formula is C27H37FO2. The molecule has 0 amide bonds. The molecule has 0 bridgehead atoms. The first kappa shape index (κ1) is 22.7. The number of fused-ring (bicyclic) bond motifs is 3.